The molecule has 1 aromatic heterocycles. The molecule has 27 heavy (non-hydrogen) atoms. The maximum Gasteiger partial charge on any atom is 0.365 e. The molecule has 0 amide bonds. The van der Waals surface area contributed by atoms with Crippen molar-refractivity contribution in [3.05, 3.63) is 47.0 Å². The third kappa shape index (κ3) is 3.43. The van der Waals surface area contributed by atoms with Gasteiger partial charge in [0.25, 0.3) is 0 Å². The Morgan fingerprint density at radius 1 is 1.30 bits per heavy atom. The number of hydrogen-bond donors (Lipinski definition) is 4. The number of guanidine groups is 1. The summed E-state index contributed by atoms with van der Waals surface area (Å²) >= 11 is 1.12. The fourth-order valence-electron chi connectivity index (χ4n) is 2.83. The smallest absolute Gasteiger partial charge is 0.365 e. The Morgan fingerprint density at radius 3 is 2.85 bits per heavy atom. The van der Waals surface area contributed by atoms with Gasteiger partial charge in [-0.25, -0.2) is 14.8 Å². The summed E-state index contributed by atoms with van der Waals surface area (Å²) in [7, 11) is -2.35. The molecule has 0 bridgehead atoms. The molecule has 9 heteroatoms. The van der Waals surface area contributed by atoms with Crippen molar-refractivity contribution in [2.75, 3.05) is 17.8 Å². The standard InChI is InChI=1S/C18H18N4O3S2/c1-27(2,25)12-5-3-4-11(8-12)20-18-19-9-10-6-7-13-15(14(10)22-18)26-16(21-13)17(23)24/h3-8,27H,9H2,1-2H3,(H,23,24)(H2,19,20,22). The first kappa shape index (κ1) is 17.6. The Labute approximate surface area is 160 Å². The van der Waals surface area contributed by atoms with Gasteiger partial charge in [-0.15, -0.1) is 11.3 Å². The molecule has 3 aromatic rings. The Balaban J connectivity index is 1.71. The molecule has 0 radical (unpaired) electrons. The third-order valence-corrected chi connectivity index (χ3v) is 6.79. The summed E-state index contributed by atoms with van der Waals surface area (Å²) in [6.45, 7) is 0.567. The van der Waals surface area contributed by atoms with E-state index in [4.69, 9.17) is 0 Å². The number of fused-ring (bicyclic) bond motifs is 3. The van der Waals surface area contributed by atoms with Crippen LogP contribution in [-0.2, 0) is 16.5 Å². The molecule has 140 valence electrons. The van der Waals surface area contributed by atoms with Crippen LogP contribution in [0.2, 0.25) is 0 Å². The second-order valence-electron chi connectivity index (χ2n) is 6.59. The van der Waals surface area contributed by atoms with Gasteiger partial charge in [0.2, 0.25) is 11.0 Å². The minimum atomic E-state index is -2.35. The molecule has 0 spiro atoms. The number of hydrogen-bond acceptors (Lipinski definition) is 7. The summed E-state index contributed by atoms with van der Waals surface area (Å²) in [5, 5.41) is 15.7. The Kier molecular flexibility index (Phi) is 4.20. The Hall–Kier alpha value is -2.78. The number of carboxylic acid groups (broad SMARTS) is 1. The van der Waals surface area contributed by atoms with E-state index in [1.165, 1.54) is 0 Å². The van der Waals surface area contributed by atoms with Gasteiger partial charge in [-0.1, -0.05) is 22.1 Å². The van der Waals surface area contributed by atoms with Gasteiger partial charge in [0.05, 0.1) is 15.9 Å². The van der Waals surface area contributed by atoms with E-state index in [0.717, 1.165) is 37.9 Å². The zero-order chi connectivity index (χ0) is 19.2. The number of carboxylic acids is 1. The van der Waals surface area contributed by atoms with Gasteiger partial charge in [0.15, 0.2) is 0 Å². The molecular formula is C18H18N4O3S2. The number of aromatic carboxylic acids is 1. The number of thiazole rings is 1. The normalized spacial score (nSPS) is 14.2. The average Bonchev–Trinajstić information content (AvgIpc) is 3.06. The summed E-state index contributed by atoms with van der Waals surface area (Å²) in [6, 6.07) is 11.2. The van der Waals surface area contributed by atoms with Crippen molar-refractivity contribution in [2.24, 2.45) is 4.99 Å². The fraction of sp³-hybridized carbons (Fsp3) is 0.167. The number of nitrogens with one attached hydrogen (secondary N) is 2. The lowest BCUT2D eigenvalue weighted by molar-refractivity contribution is 0.0696. The summed E-state index contributed by atoms with van der Waals surface area (Å²) in [5.74, 6) is -0.485. The molecule has 2 heterocycles. The average molecular weight is 403 g/mol. The van der Waals surface area contributed by atoms with Gasteiger partial charge >= 0.3 is 5.97 Å². The lowest BCUT2D eigenvalue weighted by Crippen LogP contribution is -2.32. The molecule has 1 aliphatic rings. The van der Waals surface area contributed by atoms with E-state index in [0.29, 0.717) is 18.0 Å². The molecule has 0 atom stereocenters. The van der Waals surface area contributed by atoms with Crippen molar-refractivity contribution in [2.45, 2.75) is 11.4 Å². The number of rotatable bonds is 3. The lowest BCUT2D eigenvalue weighted by Gasteiger charge is -2.20. The van der Waals surface area contributed by atoms with Crippen LogP contribution in [0.25, 0.3) is 10.2 Å². The van der Waals surface area contributed by atoms with E-state index in [9.17, 15) is 14.1 Å². The van der Waals surface area contributed by atoms with Crippen LogP contribution in [0.5, 0.6) is 0 Å². The Morgan fingerprint density at radius 2 is 2.11 bits per heavy atom. The number of aliphatic imine (C=N–C) groups is 1. The molecule has 0 saturated carbocycles. The van der Waals surface area contributed by atoms with Crippen LogP contribution < -0.4 is 10.6 Å². The van der Waals surface area contributed by atoms with Crippen LogP contribution in [0.3, 0.4) is 0 Å². The molecule has 4 rings (SSSR count). The summed E-state index contributed by atoms with van der Waals surface area (Å²) in [5.41, 5.74) is 3.12. The van der Waals surface area contributed by atoms with E-state index in [1.54, 1.807) is 12.5 Å². The van der Waals surface area contributed by atoms with Gasteiger partial charge in [-0.2, -0.15) is 0 Å². The molecule has 0 unspecified atom stereocenters. The van der Waals surface area contributed by atoms with Gasteiger partial charge in [-0.05, 0) is 42.3 Å². The van der Waals surface area contributed by atoms with E-state index in [2.05, 4.69) is 20.6 Å². The van der Waals surface area contributed by atoms with Crippen LogP contribution in [0.1, 0.15) is 15.4 Å². The highest BCUT2D eigenvalue weighted by atomic mass is 32.2. The van der Waals surface area contributed by atoms with Gasteiger partial charge in [0, 0.05) is 17.1 Å². The van der Waals surface area contributed by atoms with Gasteiger partial charge in [0.1, 0.15) is 0 Å². The van der Waals surface area contributed by atoms with Crippen LogP contribution in [0.15, 0.2) is 46.3 Å². The molecule has 0 saturated heterocycles. The third-order valence-electron chi connectivity index (χ3n) is 4.20. The second kappa shape index (κ2) is 6.43. The highest BCUT2D eigenvalue weighted by molar-refractivity contribution is 8.01. The number of thiol groups is 1. The van der Waals surface area contributed by atoms with Crippen LogP contribution in [-0.4, -0.2) is 38.7 Å². The summed E-state index contributed by atoms with van der Waals surface area (Å²) in [6.07, 6.45) is 3.47. The Bertz CT molecular complexity index is 1150. The molecule has 3 N–H and O–H groups in total. The van der Waals surface area contributed by atoms with Crippen LogP contribution >= 0.6 is 11.3 Å². The zero-order valence-electron chi connectivity index (χ0n) is 14.7. The SMILES string of the molecule is C[SH](C)(=O)c1cccc(NC2=Nc3c(ccc4nc(C(=O)O)sc34)CN2)c1. The zero-order valence-corrected chi connectivity index (χ0v) is 16.4. The van der Waals surface area contributed by atoms with Crippen molar-refractivity contribution < 1.29 is 14.1 Å². The number of benzene rings is 2. The predicted molar refractivity (Wildman–Crippen MR) is 110 cm³/mol. The minimum Gasteiger partial charge on any atom is -0.476 e. The van der Waals surface area contributed by atoms with Crippen LogP contribution in [0, 0.1) is 0 Å². The predicted octanol–water partition coefficient (Wildman–Crippen LogP) is 2.83. The molecule has 2 aromatic carbocycles. The number of anilines is 1. The minimum absolute atomic E-state index is 0.0518. The first-order chi connectivity index (χ1) is 12.8. The van der Waals surface area contributed by atoms with Crippen molar-refractivity contribution >= 4 is 54.8 Å². The number of nitrogens with zero attached hydrogens (tertiary/aromatic N) is 2. The highest BCUT2D eigenvalue weighted by Gasteiger charge is 2.19. The maximum atomic E-state index is 12.3. The van der Waals surface area contributed by atoms with Crippen molar-refractivity contribution in [3.63, 3.8) is 0 Å². The monoisotopic (exact) mass is 402 g/mol. The molecule has 7 nitrogen and oxygen atoms in total. The molecular weight excluding hydrogens is 384 g/mol. The quantitative estimate of drug-likeness (QED) is 0.502. The van der Waals surface area contributed by atoms with E-state index < -0.39 is 15.9 Å². The lowest BCUT2D eigenvalue weighted by atomic mass is 10.1. The van der Waals surface area contributed by atoms with E-state index in [1.807, 2.05) is 36.4 Å². The fourth-order valence-corrected chi connectivity index (χ4v) is 4.64. The van der Waals surface area contributed by atoms with E-state index in [-0.39, 0.29) is 5.01 Å². The number of carbonyl (C=O) groups is 1. The molecule has 0 fully saturated rings. The topological polar surface area (TPSA) is 104 Å². The van der Waals surface area contributed by atoms with Crippen molar-refractivity contribution in [3.8, 4) is 0 Å². The van der Waals surface area contributed by atoms with Crippen molar-refractivity contribution in [1.82, 2.24) is 10.3 Å². The van der Waals surface area contributed by atoms with Gasteiger partial charge in [-0.3, -0.25) is 4.21 Å². The van der Waals surface area contributed by atoms with Crippen LogP contribution in [0.4, 0.5) is 11.4 Å². The second-order valence-corrected chi connectivity index (χ2v) is 10.8. The first-order valence-corrected chi connectivity index (χ1v) is 11.6. The highest BCUT2D eigenvalue weighted by Crippen LogP contribution is 2.36. The maximum absolute atomic E-state index is 12.3. The van der Waals surface area contributed by atoms with Crippen molar-refractivity contribution in [1.29, 1.82) is 0 Å². The largest absolute Gasteiger partial charge is 0.476 e. The number of aromatic nitrogens is 1. The summed E-state index contributed by atoms with van der Waals surface area (Å²) in [4.78, 5) is 20.8. The van der Waals surface area contributed by atoms with E-state index >= 15 is 0 Å². The first-order valence-electron chi connectivity index (χ1n) is 8.22. The van der Waals surface area contributed by atoms with Gasteiger partial charge < -0.3 is 15.7 Å². The molecule has 1 aliphatic heterocycles. The summed E-state index contributed by atoms with van der Waals surface area (Å²) < 4.78 is 13.1. The molecule has 0 aliphatic carbocycles.